The third kappa shape index (κ3) is 2.76. The molecule has 0 bridgehead atoms. The van der Waals surface area contributed by atoms with Crippen LogP contribution in [0.2, 0.25) is 0 Å². The summed E-state index contributed by atoms with van der Waals surface area (Å²) in [5.74, 6) is 1.74. The number of nitrogens with zero attached hydrogens (tertiary/aromatic N) is 1. The summed E-state index contributed by atoms with van der Waals surface area (Å²) in [6, 6.07) is 15.2. The molecule has 1 unspecified atom stereocenters. The number of hydrogen-bond donors (Lipinski definition) is 0. The van der Waals surface area contributed by atoms with Crippen LogP contribution in [0.5, 0.6) is 11.5 Å². The van der Waals surface area contributed by atoms with Crippen LogP contribution in [0.15, 0.2) is 42.5 Å². The van der Waals surface area contributed by atoms with E-state index in [4.69, 9.17) is 9.47 Å². The van der Waals surface area contributed by atoms with Crippen LogP contribution in [0.1, 0.15) is 30.0 Å². The van der Waals surface area contributed by atoms with Crippen molar-refractivity contribution >= 4 is 5.69 Å². The van der Waals surface area contributed by atoms with Gasteiger partial charge in [-0.15, -0.1) is 0 Å². The normalized spacial score (nSPS) is 17.6. The van der Waals surface area contributed by atoms with Crippen molar-refractivity contribution in [1.29, 1.82) is 0 Å². The van der Waals surface area contributed by atoms with E-state index < -0.39 is 0 Å². The van der Waals surface area contributed by atoms with Crippen molar-refractivity contribution in [3.8, 4) is 11.5 Å². The Labute approximate surface area is 132 Å². The Balaban J connectivity index is 1.96. The van der Waals surface area contributed by atoms with Crippen molar-refractivity contribution in [3.63, 3.8) is 0 Å². The van der Waals surface area contributed by atoms with Crippen LogP contribution in [-0.2, 0) is 0 Å². The van der Waals surface area contributed by atoms with Gasteiger partial charge in [-0.3, -0.25) is 0 Å². The highest BCUT2D eigenvalue weighted by Crippen LogP contribution is 2.41. The van der Waals surface area contributed by atoms with Gasteiger partial charge in [0.1, 0.15) is 11.5 Å². The van der Waals surface area contributed by atoms with Crippen LogP contribution in [0.4, 0.5) is 5.69 Å². The first kappa shape index (κ1) is 14.8. The molecule has 1 aliphatic rings. The third-order valence-electron chi connectivity index (χ3n) is 4.39. The summed E-state index contributed by atoms with van der Waals surface area (Å²) in [6.45, 7) is 3.23. The highest BCUT2D eigenvalue weighted by Gasteiger charge is 2.28. The molecule has 0 radical (unpaired) electrons. The fraction of sp³-hybridized carbons (Fsp3) is 0.368. The van der Waals surface area contributed by atoms with Gasteiger partial charge in [0.15, 0.2) is 0 Å². The van der Waals surface area contributed by atoms with Gasteiger partial charge in [0.05, 0.1) is 20.3 Å². The van der Waals surface area contributed by atoms with Crippen molar-refractivity contribution in [3.05, 3.63) is 53.6 Å². The van der Waals surface area contributed by atoms with E-state index in [9.17, 15) is 0 Å². The molecular weight excluding hydrogens is 274 g/mol. The smallest absolute Gasteiger partial charge is 0.127 e. The van der Waals surface area contributed by atoms with Crippen LogP contribution in [-0.4, -0.2) is 20.8 Å². The fourth-order valence-electron chi connectivity index (χ4n) is 3.30. The molecule has 3 nitrogen and oxygen atoms in total. The van der Waals surface area contributed by atoms with Crippen molar-refractivity contribution in [2.24, 2.45) is 0 Å². The molecule has 1 atom stereocenters. The van der Waals surface area contributed by atoms with Crippen molar-refractivity contribution in [1.82, 2.24) is 0 Å². The standard InChI is InChI=1S/C19H23NO2/c1-14-6-4-7-15(12-14)20-11-5-8-18(20)17-10-9-16(21-2)13-19(17)22-3/h4,6-7,9-10,12-13,18H,5,8,11H2,1-3H3. The van der Waals surface area contributed by atoms with Gasteiger partial charge in [0.25, 0.3) is 0 Å². The number of anilines is 1. The Morgan fingerprint density at radius 1 is 1.05 bits per heavy atom. The van der Waals surface area contributed by atoms with Gasteiger partial charge in [0, 0.05) is 23.9 Å². The first-order valence-electron chi connectivity index (χ1n) is 7.78. The summed E-state index contributed by atoms with van der Waals surface area (Å²) in [7, 11) is 3.41. The summed E-state index contributed by atoms with van der Waals surface area (Å²) in [6.07, 6.45) is 2.35. The van der Waals surface area contributed by atoms with Crippen LogP contribution < -0.4 is 14.4 Å². The van der Waals surface area contributed by atoms with E-state index >= 15 is 0 Å². The van der Waals surface area contributed by atoms with Gasteiger partial charge in [-0.1, -0.05) is 12.1 Å². The molecule has 116 valence electrons. The van der Waals surface area contributed by atoms with Gasteiger partial charge in [-0.25, -0.2) is 0 Å². The maximum absolute atomic E-state index is 5.60. The minimum Gasteiger partial charge on any atom is -0.497 e. The molecular formula is C19H23NO2. The van der Waals surface area contributed by atoms with Gasteiger partial charge < -0.3 is 14.4 Å². The molecule has 3 heteroatoms. The lowest BCUT2D eigenvalue weighted by Gasteiger charge is -2.28. The molecule has 2 aromatic carbocycles. The molecule has 0 aliphatic carbocycles. The average Bonchev–Trinajstić information content (AvgIpc) is 3.03. The van der Waals surface area contributed by atoms with Gasteiger partial charge in [-0.2, -0.15) is 0 Å². The van der Waals surface area contributed by atoms with E-state index in [1.807, 2.05) is 12.1 Å². The molecule has 1 fully saturated rings. The largest absolute Gasteiger partial charge is 0.497 e. The average molecular weight is 297 g/mol. The van der Waals surface area contributed by atoms with Crippen LogP contribution in [0, 0.1) is 6.92 Å². The maximum Gasteiger partial charge on any atom is 0.127 e. The zero-order valence-corrected chi connectivity index (χ0v) is 13.5. The second-order valence-corrected chi connectivity index (χ2v) is 5.80. The first-order chi connectivity index (χ1) is 10.7. The minimum atomic E-state index is 0.364. The monoisotopic (exact) mass is 297 g/mol. The molecule has 1 saturated heterocycles. The topological polar surface area (TPSA) is 21.7 Å². The molecule has 1 aliphatic heterocycles. The van der Waals surface area contributed by atoms with E-state index in [2.05, 4.69) is 42.2 Å². The first-order valence-corrected chi connectivity index (χ1v) is 7.78. The van der Waals surface area contributed by atoms with Crippen molar-refractivity contribution in [2.45, 2.75) is 25.8 Å². The molecule has 0 N–H and O–H groups in total. The zero-order chi connectivity index (χ0) is 15.5. The number of rotatable bonds is 4. The predicted octanol–water partition coefficient (Wildman–Crippen LogP) is 4.35. The molecule has 0 amide bonds. The Kier molecular flexibility index (Phi) is 4.23. The molecule has 0 saturated carbocycles. The summed E-state index contributed by atoms with van der Waals surface area (Å²) in [5, 5.41) is 0. The Bertz CT molecular complexity index is 654. The minimum absolute atomic E-state index is 0.364. The highest BCUT2D eigenvalue weighted by molar-refractivity contribution is 5.54. The number of benzene rings is 2. The second kappa shape index (κ2) is 6.30. The summed E-state index contributed by atoms with van der Waals surface area (Å²) in [5.41, 5.74) is 3.83. The Morgan fingerprint density at radius 2 is 1.91 bits per heavy atom. The lowest BCUT2D eigenvalue weighted by atomic mass is 10.0. The molecule has 3 rings (SSSR count). The molecule has 22 heavy (non-hydrogen) atoms. The molecule has 0 spiro atoms. The second-order valence-electron chi connectivity index (χ2n) is 5.80. The maximum atomic E-state index is 5.60. The number of aryl methyl sites for hydroxylation is 1. The molecule has 0 aromatic heterocycles. The number of ether oxygens (including phenoxy) is 2. The number of methoxy groups -OCH3 is 2. The van der Waals surface area contributed by atoms with Crippen molar-refractivity contribution < 1.29 is 9.47 Å². The SMILES string of the molecule is COc1ccc(C2CCCN2c2cccc(C)c2)c(OC)c1. The Hall–Kier alpha value is -2.16. The van der Waals surface area contributed by atoms with Crippen molar-refractivity contribution in [2.75, 3.05) is 25.7 Å². The van der Waals surface area contributed by atoms with Gasteiger partial charge >= 0.3 is 0 Å². The van der Waals surface area contributed by atoms with E-state index in [1.54, 1.807) is 14.2 Å². The summed E-state index contributed by atoms with van der Waals surface area (Å²) in [4.78, 5) is 2.48. The Morgan fingerprint density at radius 3 is 2.64 bits per heavy atom. The summed E-state index contributed by atoms with van der Waals surface area (Å²) >= 11 is 0. The zero-order valence-electron chi connectivity index (χ0n) is 13.5. The lowest BCUT2D eigenvalue weighted by Crippen LogP contribution is -2.23. The van der Waals surface area contributed by atoms with E-state index in [-0.39, 0.29) is 0 Å². The van der Waals surface area contributed by atoms with E-state index in [1.165, 1.54) is 23.2 Å². The summed E-state index contributed by atoms with van der Waals surface area (Å²) < 4.78 is 10.9. The van der Waals surface area contributed by atoms with E-state index in [0.717, 1.165) is 24.5 Å². The fourth-order valence-corrected chi connectivity index (χ4v) is 3.30. The van der Waals surface area contributed by atoms with Gasteiger partial charge in [0.2, 0.25) is 0 Å². The quantitative estimate of drug-likeness (QED) is 0.837. The van der Waals surface area contributed by atoms with Crippen LogP contribution in [0.3, 0.4) is 0 Å². The molecule has 2 aromatic rings. The lowest BCUT2D eigenvalue weighted by molar-refractivity contribution is 0.388. The van der Waals surface area contributed by atoms with Crippen LogP contribution in [0.25, 0.3) is 0 Å². The third-order valence-corrected chi connectivity index (χ3v) is 4.39. The van der Waals surface area contributed by atoms with Crippen LogP contribution >= 0.6 is 0 Å². The van der Waals surface area contributed by atoms with E-state index in [0.29, 0.717) is 6.04 Å². The van der Waals surface area contributed by atoms with Gasteiger partial charge in [-0.05, 0) is 49.6 Å². The number of hydrogen-bond acceptors (Lipinski definition) is 3. The highest BCUT2D eigenvalue weighted by atomic mass is 16.5. The molecule has 1 heterocycles. The predicted molar refractivity (Wildman–Crippen MR) is 90.0 cm³/mol.